The van der Waals surface area contributed by atoms with E-state index in [9.17, 15) is 9.59 Å². The molecule has 0 aromatic carbocycles. The van der Waals surface area contributed by atoms with Crippen molar-refractivity contribution in [2.24, 2.45) is 0 Å². The first-order valence-corrected chi connectivity index (χ1v) is 11.7. The third kappa shape index (κ3) is 10.2. The monoisotopic (exact) mass is 416 g/mol. The highest BCUT2D eigenvalue weighted by Crippen LogP contribution is 2.33. The molecule has 162 valence electrons. The maximum Gasteiger partial charge on any atom is 0.504 e. The molecule has 0 N–H and O–H groups in total. The molecule has 0 fully saturated rings. The zero-order valence-electron chi connectivity index (χ0n) is 18.0. The van der Waals surface area contributed by atoms with Crippen molar-refractivity contribution < 1.29 is 32.3 Å². The summed E-state index contributed by atoms with van der Waals surface area (Å²) in [5, 5.41) is 0. The molecular weight excluding hydrogens is 380 g/mol. The van der Waals surface area contributed by atoms with Crippen molar-refractivity contribution >= 4 is 20.7 Å². The molecule has 0 rings (SSSR count). The second kappa shape index (κ2) is 15.4. The predicted molar refractivity (Wildman–Crippen MR) is 110 cm³/mol. The van der Waals surface area contributed by atoms with Crippen molar-refractivity contribution in [3.63, 3.8) is 0 Å². The van der Waals surface area contributed by atoms with Crippen molar-refractivity contribution in [2.75, 3.05) is 33.0 Å². The number of allylic oxidation sites excluding steroid dienone is 1. The molecule has 0 amide bonds. The number of carbonyl (C=O) groups is 2. The van der Waals surface area contributed by atoms with Crippen molar-refractivity contribution in [1.82, 2.24) is 0 Å². The predicted octanol–water partition coefficient (Wildman–Crippen LogP) is 3.81. The minimum absolute atomic E-state index is 0.0781. The Morgan fingerprint density at radius 3 is 2.00 bits per heavy atom. The van der Waals surface area contributed by atoms with Crippen LogP contribution >= 0.6 is 0 Å². The first kappa shape index (κ1) is 26.5. The van der Waals surface area contributed by atoms with Crippen LogP contribution in [0.3, 0.4) is 0 Å². The highest BCUT2D eigenvalue weighted by atomic mass is 28.4. The maximum absolute atomic E-state index is 11.7. The average molecular weight is 417 g/mol. The molecule has 0 aromatic heterocycles. The SMILES string of the molecule is C=C(C)C(=O)OCCC(CCCOC(=O)C=CC)[Si](OCC)(OCC)OCC. The van der Waals surface area contributed by atoms with Crippen molar-refractivity contribution in [3.05, 3.63) is 24.3 Å². The van der Waals surface area contributed by atoms with Crippen LogP contribution in [0.15, 0.2) is 24.3 Å². The second-order valence-corrected chi connectivity index (χ2v) is 9.00. The molecule has 0 aliphatic heterocycles. The highest BCUT2D eigenvalue weighted by molar-refractivity contribution is 6.62. The average Bonchev–Trinajstić information content (AvgIpc) is 2.64. The van der Waals surface area contributed by atoms with Crippen LogP contribution in [0.1, 0.15) is 53.9 Å². The molecule has 1 unspecified atom stereocenters. The van der Waals surface area contributed by atoms with E-state index in [1.165, 1.54) is 6.08 Å². The van der Waals surface area contributed by atoms with Crippen LogP contribution in [0.2, 0.25) is 5.54 Å². The summed E-state index contributed by atoms with van der Waals surface area (Å²) < 4.78 is 28.5. The van der Waals surface area contributed by atoms with Crippen LogP contribution in [-0.2, 0) is 32.3 Å². The minimum atomic E-state index is -2.98. The molecule has 1 atom stereocenters. The van der Waals surface area contributed by atoms with Crippen LogP contribution in [-0.4, -0.2) is 53.8 Å². The Balaban J connectivity index is 5.11. The number of esters is 2. The summed E-state index contributed by atoms with van der Waals surface area (Å²) in [6.07, 6.45) is 4.85. The van der Waals surface area contributed by atoms with Gasteiger partial charge in [0.15, 0.2) is 0 Å². The third-order valence-corrected chi connectivity index (χ3v) is 7.48. The van der Waals surface area contributed by atoms with E-state index in [1.807, 2.05) is 20.8 Å². The molecule has 0 aromatic rings. The molecule has 0 saturated heterocycles. The quantitative estimate of drug-likeness (QED) is 0.164. The van der Waals surface area contributed by atoms with Crippen LogP contribution < -0.4 is 0 Å². The van der Waals surface area contributed by atoms with Gasteiger partial charge in [0.1, 0.15) is 0 Å². The Bertz CT molecular complexity index is 488. The fraction of sp³-hybridized carbons (Fsp3) is 0.700. The zero-order chi connectivity index (χ0) is 21.4. The molecule has 0 radical (unpaired) electrons. The number of hydrogen-bond acceptors (Lipinski definition) is 7. The van der Waals surface area contributed by atoms with E-state index in [0.29, 0.717) is 51.3 Å². The minimum Gasteiger partial charge on any atom is -0.463 e. The lowest BCUT2D eigenvalue weighted by molar-refractivity contribution is -0.139. The number of ether oxygens (including phenoxy) is 2. The molecule has 0 aliphatic rings. The first-order chi connectivity index (χ1) is 13.4. The van der Waals surface area contributed by atoms with Gasteiger partial charge in [-0.2, -0.15) is 0 Å². The van der Waals surface area contributed by atoms with Gasteiger partial charge in [-0.25, -0.2) is 9.59 Å². The molecule has 28 heavy (non-hydrogen) atoms. The van der Waals surface area contributed by atoms with E-state index < -0.39 is 14.8 Å². The maximum atomic E-state index is 11.7. The molecular formula is C20H36O7Si. The first-order valence-electron chi connectivity index (χ1n) is 9.90. The number of hydrogen-bond donors (Lipinski definition) is 0. The molecule has 0 heterocycles. The summed E-state index contributed by atoms with van der Waals surface area (Å²) in [6, 6.07) is 0. The summed E-state index contributed by atoms with van der Waals surface area (Å²) in [7, 11) is -2.98. The summed E-state index contributed by atoms with van der Waals surface area (Å²) in [5.41, 5.74) is 0.279. The fourth-order valence-electron chi connectivity index (χ4n) is 2.68. The topological polar surface area (TPSA) is 80.3 Å². The van der Waals surface area contributed by atoms with Gasteiger partial charge in [-0.1, -0.05) is 12.7 Å². The Kier molecular flexibility index (Phi) is 14.6. The normalized spacial score (nSPS) is 12.8. The van der Waals surface area contributed by atoms with Crippen molar-refractivity contribution in [1.29, 1.82) is 0 Å². The van der Waals surface area contributed by atoms with Gasteiger partial charge < -0.3 is 22.8 Å². The standard InChI is InChI=1S/C20H36O7Si/c1-7-12-19(21)23-15-11-13-18(14-16-24-20(22)17(5)6)28(25-8-2,26-9-3)27-10-4/h7,12,18H,5,8-11,13-16H2,1-4,6H3. The summed E-state index contributed by atoms with van der Waals surface area (Å²) in [6.45, 7) is 14.6. The molecule has 0 saturated carbocycles. The van der Waals surface area contributed by atoms with Gasteiger partial charge in [-0.3, -0.25) is 0 Å². The van der Waals surface area contributed by atoms with Gasteiger partial charge in [0.25, 0.3) is 0 Å². The lowest BCUT2D eigenvalue weighted by atomic mass is 10.2. The highest BCUT2D eigenvalue weighted by Gasteiger charge is 2.48. The van der Waals surface area contributed by atoms with Crippen LogP contribution in [0.5, 0.6) is 0 Å². The molecule has 0 bridgehead atoms. The Hall–Kier alpha value is -1.48. The van der Waals surface area contributed by atoms with Gasteiger partial charge in [0, 0.05) is 37.0 Å². The number of rotatable bonds is 16. The van der Waals surface area contributed by atoms with E-state index in [4.69, 9.17) is 22.8 Å². The zero-order valence-corrected chi connectivity index (χ0v) is 19.0. The van der Waals surface area contributed by atoms with Gasteiger partial charge in [-0.05, 0) is 53.9 Å². The van der Waals surface area contributed by atoms with Crippen molar-refractivity contribution in [3.8, 4) is 0 Å². The van der Waals surface area contributed by atoms with E-state index in [2.05, 4.69) is 6.58 Å². The van der Waals surface area contributed by atoms with E-state index in [0.717, 1.165) is 0 Å². The Morgan fingerprint density at radius 2 is 1.54 bits per heavy atom. The summed E-state index contributed by atoms with van der Waals surface area (Å²) >= 11 is 0. The van der Waals surface area contributed by atoms with Gasteiger partial charge in [-0.15, -0.1) is 0 Å². The number of carbonyl (C=O) groups excluding carboxylic acids is 2. The Morgan fingerprint density at radius 1 is 0.964 bits per heavy atom. The van der Waals surface area contributed by atoms with Gasteiger partial charge in [0.05, 0.1) is 13.2 Å². The lowest BCUT2D eigenvalue weighted by Crippen LogP contribution is -2.51. The Labute approximate surface area is 170 Å². The fourth-order valence-corrected chi connectivity index (χ4v) is 5.88. The van der Waals surface area contributed by atoms with E-state index >= 15 is 0 Å². The van der Waals surface area contributed by atoms with Gasteiger partial charge in [0.2, 0.25) is 0 Å². The molecule has 7 nitrogen and oxygen atoms in total. The molecule has 0 spiro atoms. The second-order valence-electron chi connectivity index (χ2n) is 6.11. The third-order valence-electron chi connectivity index (χ3n) is 3.83. The lowest BCUT2D eigenvalue weighted by Gasteiger charge is -2.35. The van der Waals surface area contributed by atoms with Crippen LogP contribution in [0.25, 0.3) is 0 Å². The van der Waals surface area contributed by atoms with Crippen molar-refractivity contribution in [2.45, 2.75) is 59.4 Å². The van der Waals surface area contributed by atoms with Crippen LogP contribution in [0, 0.1) is 0 Å². The van der Waals surface area contributed by atoms with Crippen LogP contribution in [0.4, 0.5) is 0 Å². The largest absolute Gasteiger partial charge is 0.504 e. The summed E-state index contributed by atoms with van der Waals surface area (Å²) in [4.78, 5) is 23.1. The van der Waals surface area contributed by atoms with E-state index in [1.54, 1.807) is 19.9 Å². The van der Waals surface area contributed by atoms with Gasteiger partial charge >= 0.3 is 20.7 Å². The van der Waals surface area contributed by atoms with E-state index in [-0.39, 0.29) is 18.1 Å². The molecule has 0 aliphatic carbocycles. The smallest absolute Gasteiger partial charge is 0.463 e. The summed E-state index contributed by atoms with van der Waals surface area (Å²) in [5.74, 6) is -0.784. The molecule has 8 heteroatoms.